The standard InChI is InChI=1S/C32H48N2O2/c1-4-7-10-14-25-19-21-27(22-20-25)32(35)36-30-18-13-12-17-28(30)31-33-24-23-29(34-31)26(15-9-6-3)16-11-8-5-2/h12-13,17-18,23-27H,4-11,14-16,19-22H2,1-3H3. The van der Waals surface area contributed by atoms with Crippen molar-refractivity contribution in [3.63, 3.8) is 0 Å². The van der Waals surface area contributed by atoms with Crippen molar-refractivity contribution in [1.82, 2.24) is 9.97 Å². The highest BCUT2D eigenvalue weighted by atomic mass is 16.5. The fourth-order valence-corrected chi connectivity index (χ4v) is 5.56. The lowest BCUT2D eigenvalue weighted by Gasteiger charge is -2.27. The minimum absolute atomic E-state index is 0.00437. The van der Waals surface area contributed by atoms with Crippen molar-refractivity contribution in [2.75, 3.05) is 0 Å². The van der Waals surface area contributed by atoms with Crippen LogP contribution in [0.25, 0.3) is 11.4 Å². The Bertz CT molecular complexity index is 905. The van der Waals surface area contributed by atoms with Crippen LogP contribution in [0.3, 0.4) is 0 Å². The van der Waals surface area contributed by atoms with Crippen molar-refractivity contribution in [2.24, 2.45) is 11.8 Å². The first-order chi connectivity index (χ1) is 17.7. The Morgan fingerprint density at radius 2 is 1.58 bits per heavy atom. The zero-order valence-corrected chi connectivity index (χ0v) is 23.0. The molecule has 0 saturated heterocycles. The molecule has 1 atom stereocenters. The smallest absolute Gasteiger partial charge is 0.314 e. The topological polar surface area (TPSA) is 52.1 Å². The molecule has 1 heterocycles. The first-order valence-electron chi connectivity index (χ1n) is 14.8. The number of benzene rings is 1. The van der Waals surface area contributed by atoms with E-state index in [1.807, 2.05) is 30.5 Å². The predicted octanol–water partition coefficient (Wildman–Crippen LogP) is 9.29. The lowest BCUT2D eigenvalue weighted by Crippen LogP contribution is -2.26. The molecule has 0 N–H and O–H groups in total. The number of hydrogen-bond acceptors (Lipinski definition) is 4. The SMILES string of the molecule is CCCCCC1CCC(C(=O)Oc2ccccc2-c2nccc(C(CCCC)CCCCC)n2)CC1. The van der Waals surface area contributed by atoms with Gasteiger partial charge in [-0.1, -0.05) is 90.7 Å². The quantitative estimate of drug-likeness (QED) is 0.141. The van der Waals surface area contributed by atoms with E-state index < -0.39 is 0 Å². The Balaban J connectivity index is 1.68. The number of aromatic nitrogens is 2. The third-order valence-corrected chi connectivity index (χ3v) is 7.89. The molecular weight excluding hydrogens is 444 g/mol. The Labute approximate surface area is 219 Å². The molecule has 0 amide bonds. The molecule has 3 rings (SSSR count). The van der Waals surface area contributed by atoms with E-state index in [2.05, 4.69) is 31.8 Å². The molecule has 0 aliphatic heterocycles. The maximum absolute atomic E-state index is 13.1. The summed E-state index contributed by atoms with van der Waals surface area (Å²) < 4.78 is 6.00. The van der Waals surface area contributed by atoms with Gasteiger partial charge in [0.25, 0.3) is 0 Å². The largest absolute Gasteiger partial charge is 0.426 e. The maximum atomic E-state index is 13.1. The summed E-state index contributed by atoms with van der Waals surface area (Å²) in [5.74, 6) is 2.39. The summed E-state index contributed by atoms with van der Waals surface area (Å²) in [5.41, 5.74) is 1.93. The normalized spacial score (nSPS) is 18.6. The van der Waals surface area contributed by atoms with Crippen LogP contribution in [0.15, 0.2) is 36.5 Å². The van der Waals surface area contributed by atoms with E-state index in [4.69, 9.17) is 9.72 Å². The number of hydrogen-bond donors (Lipinski definition) is 0. The second kappa shape index (κ2) is 15.8. The fourth-order valence-electron chi connectivity index (χ4n) is 5.56. The fraction of sp³-hybridized carbons (Fsp3) is 0.656. The van der Waals surface area contributed by atoms with E-state index in [1.165, 1.54) is 64.2 Å². The summed E-state index contributed by atoms with van der Waals surface area (Å²) >= 11 is 0. The molecule has 0 bridgehead atoms. The van der Waals surface area contributed by atoms with Gasteiger partial charge < -0.3 is 4.74 Å². The number of carbonyl (C=O) groups is 1. The van der Waals surface area contributed by atoms with Gasteiger partial charge in [0, 0.05) is 17.8 Å². The summed E-state index contributed by atoms with van der Waals surface area (Å²) in [7, 11) is 0. The molecule has 198 valence electrons. The Kier molecular flexibility index (Phi) is 12.4. The molecule has 0 radical (unpaired) electrons. The van der Waals surface area contributed by atoms with Crippen LogP contribution in [0.1, 0.15) is 129 Å². The van der Waals surface area contributed by atoms with Gasteiger partial charge >= 0.3 is 5.97 Å². The van der Waals surface area contributed by atoms with E-state index >= 15 is 0 Å². The Hall–Kier alpha value is -2.23. The molecule has 36 heavy (non-hydrogen) atoms. The van der Waals surface area contributed by atoms with Crippen molar-refractivity contribution in [3.8, 4) is 17.1 Å². The van der Waals surface area contributed by atoms with Crippen molar-refractivity contribution >= 4 is 5.97 Å². The number of esters is 1. The Morgan fingerprint density at radius 3 is 2.33 bits per heavy atom. The molecular formula is C32H48N2O2. The molecule has 1 aromatic heterocycles. The van der Waals surface area contributed by atoms with E-state index in [0.717, 1.165) is 49.3 Å². The van der Waals surface area contributed by atoms with Crippen LogP contribution in [0.4, 0.5) is 0 Å². The zero-order chi connectivity index (χ0) is 25.6. The first kappa shape index (κ1) is 28.3. The van der Waals surface area contributed by atoms with Gasteiger partial charge in [-0.3, -0.25) is 4.79 Å². The van der Waals surface area contributed by atoms with Gasteiger partial charge in [-0.15, -0.1) is 0 Å². The number of ether oxygens (including phenoxy) is 1. The summed E-state index contributed by atoms with van der Waals surface area (Å²) in [6.07, 6.45) is 19.7. The number of para-hydroxylation sites is 1. The highest BCUT2D eigenvalue weighted by Gasteiger charge is 2.28. The molecule has 4 heteroatoms. The van der Waals surface area contributed by atoms with Crippen LogP contribution in [-0.2, 0) is 4.79 Å². The monoisotopic (exact) mass is 492 g/mol. The third-order valence-electron chi connectivity index (χ3n) is 7.89. The molecule has 4 nitrogen and oxygen atoms in total. The lowest BCUT2D eigenvalue weighted by atomic mass is 9.80. The number of carbonyl (C=O) groups excluding carboxylic acids is 1. The van der Waals surface area contributed by atoms with Gasteiger partial charge in [0.2, 0.25) is 0 Å². The second-order valence-electron chi connectivity index (χ2n) is 10.8. The number of rotatable bonds is 15. The van der Waals surface area contributed by atoms with Gasteiger partial charge in [0.1, 0.15) is 5.75 Å². The zero-order valence-electron chi connectivity index (χ0n) is 23.0. The van der Waals surface area contributed by atoms with Crippen LogP contribution in [-0.4, -0.2) is 15.9 Å². The molecule has 2 aromatic rings. The molecule has 1 saturated carbocycles. The van der Waals surface area contributed by atoms with E-state index in [9.17, 15) is 4.79 Å². The van der Waals surface area contributed by atoms with E-state index in [-0.39, 0.29) is 11.9 Å². The summed E-state index contributed by atoms with van der Waals surface area (Å²) in [5, 5.41) is 0. The van der Waals surface area contributed by atoms with Gasteiger partial charge in [-0.2, -0.15) is 0 Å². The van der Waals surface area contributed by atoms with Crippen molar-refractivity contribution in [2.45, 2.75) is 123 Å². The van der Waals surface area contributed by atoms with Crippen LogP contribution in [0, 0.1) is 11.8 Å². The van der Waals surface area contributed by atoms with Gasteiger partial charge in [-0.05, 0) is 62.6 Å². The van der Waals surface area contributed by atoms with Crippen molar-refractivity contribution < 1.29 is 9.53 Å². The summed E-state index contributed by atoms with van der Waals surface area (Å²) in [6.45, 7) is 6.75. The third kappa shape index (κ3) is 8.71. The van der Waals surface area contributed by atoms with Crippen molar-refractivity contribution in [3.05, 3.63) is 42.2 Å². The van der Waals surface area contributed by atoms with Gasteiger partial charge in [-0.25, -0.2) is 9.97 Å². The molecule has 1 aromatic carbocycles. The molecule has 1 aliphatic carbocycles. The average molecular weight is 493 g/mol. The Morgan fingerprint density at radius 1 is 0.889 bits per heavy atom. The molecule has 1 aliphatic rings. The van der Waals surface area contributed by atoms with E-state index in [0.29, 0.717) is 17.5 Å². The van der Waals surface area contributed by atoms with E-state index in [1.54, 1.807) is 0 Å². The molecule has 1 unspecified atom stereocenters. The number of nitrogens with zero attached hydrogens (tertiary/aromatic N) is 2. The summed E-state index contributed by atoms with van der Waals surface area (Å²) in [6, 6.07) is 9.83. The minimum atomic E-state index is -0.0917. The van der Waals surface area contributed by atoms with Gasteiger partial charge in [0.05, 0.1) is 11.5 Å². The number of unbranched alkanes of at least 4 members (excludes halogenated alkanes) is 5. The van der Waals surface area contributed by atoms with Crippen LogP contribution < -0.4 is 4.74 Å². The predicted molar refractivity (Wildman–Crippen MR) is 149 cm³/mol. The van der Waals surface area contributed by atoms with Crippen molar-refractivity contribution in [1.29, 1.82) is 0 Å². The molecule has 0 spiro atoms. The first-order valence-corrected chi connectivity index (χ1v) is 14.8. The molecule has 1 fully saturated rings. The maximum Gasteiger partial charge on any atom is 0.314 e. The van der Waals surface area contributed by atoms with Crippen LogP contribution in [0.5, 0.6) is 5.75 Å². The highest BCUT2D eigenvalue weighted by molar-refractivity contribution is 5.78. The summed E-state index contributed by atoms with van der Waals surface area (Å²) in [4.78, 5) is 22.7. The minimum Gasteiger partial charge on any atom is -0.426 e. The van der Waals surface area contributed by atoms with Crippen LogP contribution >= 0.6 is 0 Å². The van der Waals surface area contributed by atoms with Crippen LogP contribution in [0.2, 0.25) is 0 Å². The average Bonchev–Trinajstić information content (AvgIpc) is 2.91. The lowest BCUT2D eigenvalue weighted by molar-refractivity contribution is -0.140. The highest BCUT2D eigenvalue weighted by Crippen LogP contribution is 2.35. The second-order valence-corrected chi connectivity index (χ2v) is 10.8. The van der Waals surface area contributed by atoms with Gasteiger partial charge in [0.15, 0.2) is 5.82 Å².